The zero-order valence-electron chi connectivity index (χ0n) is 10.3. The number of rotatable bonds is 4. The molecule has 0 aliphatic rings. The number of benzene rings is 2. The molecule has 8 heteroatoms. The Hall–Kier alpha value is -1.01. The van der Waals surface area contributed by atoms with Crippen molar-refractivity contribution in [2.24, 2.45) is 0 Å². The van der Waals surface area contributed by atoms with Gasteiger partial charge in [0.2, 0.25) is 0 Å². The molecule has 2 aromatic rings. The molecule has 0 fully saturated rings. The van der Waals surface area contributed by atoms with Crippen molar-refractivity contribution >= 4 is 42.9 Å². The molecule has 3 nitrogen and oxygen atoms in total. The zero-order valence-corrected chi connectivity index (χ0v) is 13.4. The molecule has 0 aromatic heterocycles. The minimum absolute atomic E-state index is 0.0174. The molecule has 0 heterocycles. The van der Waals surface area contributed by atoms with Crippen molar-refractivity contribution in [1.29, 1.82) is 0 Å². The van der Waals surface area contributed by atoms with Crippen LogP contribution in [0.3, 0.4) is 0 Å². The monoisotopic (exact) mass is 368 g/mol. The van der Waals surface area contributed by atoms with E-state index in [9.17, 15) is 12.8 Å². The highest BCUT2D eigenvalue weighted by atomic mass is 35.7. The van der Waals surface area contributed by atoms with Gasteiger partial charge in [-0.25, -0.2) is 12.8 Å². The summed E-state index contributed by atoms with van der Waals surface area (Å²) >= 11 is 11.9. The first-order valence-corrected chi connectivity index (χ1v) is 8.65. The van der Waals surface area contributed by atoms with Gasteiger partial charge in [-0.15, -0.1) is 0 Å². The summed E-state index contributed by atoms with van der Waals surface area (Å²) < 4.78 is 40.7. The molecule has 0 aliphatic heterocycles. The molecule has 0 atom stereocenters. The van der Waals surface area contributed by atoms with Crippen LogP contribution in [0.1, 0.15) is 5.56 Å². The molecule has 0 radical (unpaired) electrons. The van der Waals surface area contributed by atoms with Gasteiger partial charge >= 0.3 is 0 Å². The average Bonchev–Trinajstić information content (AvgIpc) is 2.38. The maximum absolute atomic E-state index is 12.8. The quantitative estimate of drug-likeness (QED) is 0.737. The van der Waals surface area contributed by atoms with Crippen LogP contribution in [0.15, 0.2) is 41.3 Å². The fourth-order valence-corrected chi connectivity index (χ4v) is 3.06. The second-order valence-electron chi connectivity index (χ2n) is 4.07. The van der Waals surface area contributed by atoms with E-state index in [2.05, 4.69) is 0 Å². The van der Waals surface area contributed by atoms with Crippen LogP contribution in [0.5, 0.6) is 5.75 Å². The maximum Gasteiger partial charge on any atom is 0.261 e. The fourth-order valence-electron chi connectivity index (χ4n) is 1.55. The van der Waals surface area contributed by atoms with E-state index >= 15 is 0 Å². The lowest BCUT2D eigenvalue weighted by Gasteiger charge is -2.11. The average molecular weight is 370 g/mol. The van der Waals surface area contributed by atoms with Crippen molar-refractivity contribution in [2.75, 3.05) is 0 Å². The molecule has 2 aromatic carbocycles. The van der Waals surface area contributed by atoms with Crippen LogP contribution in [0.2, 0.25) is 10.0 Å². The second-order valence-corrected chi connectivity index (χ2v) is 7.45. The van der Waals surface area contributed by atoms with Crippen LogP contribution in [0, 0.1) is 5.82 Å². The first-order chi connectivity index (χ1) is 9.77. The van der Waals surface area contributed by atoms with E-state index in [1.165, 1.54) is 12.1 Å². The van der Waals surface area contributed by atoms with E-state index < -0.39 is 9.05 Å². The molecule has 0 bridgehead atoms. The Bertz CT molecular complexity index is 738. The van der Waals surface area contributed by atoms with Crippen molar-refractivity contribution in [2.45, 2.75) is 11.5 Å². The van der Waals surface area contributed by atoms with Gasteiger partial charge in [0.1, 0.15) is 12.4 Å². The topological polar surface area (TPSA) is 43.4 Å². The van der Waals surface area contributed by atoms with E-state index in [4.69, 9.17) is 38.6 Å². The Kier molecular flexibility index (Phi) is 4.99. The molecule has 0 amide bonds. The fraction of sp³-hybridized carbons (Fsp3) is 0.0769. The predicted molar refractivity (Wildman–Crippen MR) is 80.2 cm³/mol. The smallest absolute Gasteiger partial charge is 0.261 e. The largest absolute Gasteiger partial charge is 0.486 e. The van der Waals surface area contributed by atoms with Gasteiger partial charge in [0.25, 0.3) is 9.05 Å². The highest BCUT2D eigenvalue weighted by Gasteiger charge is 2.17. The Morgan fingerprint density at radius 3 is 2.05 bits per heavy atom. The Balaban J connectivity index is 2.23. The standard InChI is InChI=1S/C13H8Cl3FO3S/c14-11-5-10(21(16,18)19)6-12(15)13(11)20-7-8-1-3-9(17)4-2-8/h1-6H,7H2. The second kappa shape index (κ2) is 6.40. The molecule has 0 aliphatic carbocycles. The summed E-state index contributed by atoms with van der Waals surface area (Å²) in [5, 5.41) is 0.0349. The first kappa shape index (κ1) is 16.4. The van der Waals surface area contributed by atoms with Gasteiger partial charge < -0.3 is 4.74 Å². The molecule has 2 rings (SSSR count). The van der Waals surface area contributed by atoms with Crippen molar-refractivity contribution in [3.63, 3.8) is 0 Å². The lowest BCUT2D eigenvalue weighted by Crippen LogP contribution is -1.98. The van der Waals surface area contributed by atoms with Gasteiger partial charge in [-0.1, -0.05) is 35.3 Å². The summed E-state index contributed by atoms with van der Waals surface area (Å²) in [6.07, 6.45) is 0. The minimum Gasteiger partial charge on any atom is -0.486 e. The van der Waals surface area contributed by atoms with E-state index in [0.717, 1.165) is 12.1 Å². The third kappa shape index (κ3) is 4.23. The number of hydrogen-bond donors (Lipinski definition) is 0. The van der Waals surface area contributed by atoms with E-state index in [1.54, 1.807) is 12.1 Å². The third-order valence-corrected chi connectivity index (χ3v) is 4.44. The van der Waals surface area contributed by atoms with E-state index in [0.29, 0.717) is 5.56 Å². The summed E-state index contributed by atoms with van der Waals surface area (Å²) in [6.45, 7) is 0.104. The number of ether oxygens (including phenoxy) is 1. The van der Waals surface area contributed by atoms with Crippen molar-refractivity contribution in [3.05, 3.63) is 57.8 Å². The zero-order chi connectivity index (χ0) is 15.6. The Labute approximate surface area is 135 Å². The van der Waals surface area contributed by atoms with Gasteiger partial charge in [-0.3, -0.25) is 0 Å². The number of halogens is 4. The van der Waals surface area contributed by atoms with E-state index in [-0.39, 0.29) is 33.1 Å². The number of hydrogen-bond acceptors (Lipinski definition) is 3. The molecule has 112 valence electrons. The van der Waals surface area contributed by atoms with Gasteiger partial charge in [0.05, 0.1) is 14.9 Å². The highest BCUT2D eigenvalue weighted by molar-refractivity contribution is 8.13. The SMILES string of the molecule is O=S(=O)(Cl)c1cc(Cl)c(OCc2ccc(F)cc2)c(Cl)c1. The molecule has 0 unspecified atom stereocenters. The van der Waals surface area contributed by atoms with Gasteiger partial charge in [-0.05, 0) is 29.8 Å². The van der Waals surface area contributed by atoms with Gasteiger partial charge in [0.15, 0.2) is 5.75 Å². The van der Waals surface area contributed by atoms with Crippen LogP contribution < -0.4 is 4.74 Å². The lowest BCUT2D eigenvalue weighted by molar-refractivity contribution is 0.306. The Morgan fingerprint density at radius 1 is 1.05 bits per heavy atom. The maximum atomic E-state index is 12.8. The predicted octanol–water partition coefficient (Wildman–Crippen LogP) is 4.64. The van der Waals surface area contributed by atoms with E-state index in [1.807, 2.05) is 0 Å². The normalized spacial score (nSPS) is 11.4. The van der Waals surface area contributed by atoms with Crippen LogP contribution in [0.25, 0.3) is 0 Å². The van der Waals surface area contributed by atoms with Crippen molar-refractivity contribution in [1.82, 2.24) is 0 Å². The van der Waals surface area contributed by atoms with Crippen LogP contribution in [0.4, 0.5) is 4.39 Å². The molecule has 0 saturated carbocycles. The Morgan fingerprint density at radius 2 is 1.57 bits per heavy atom. The van der Waals surface area contributed by atoms with Crippen LogP contribution in [-0.4, -0.2) is 8.42 Å². The molecule has 0 saturated heterocycles. The third-order valence-electron chi connectivity index (χ3n) is 2.55. The van der Waals surface area contributed by atoms with Crippen LogP contribution in [-0.2, 0) is 15.7 Å². The summed E-state index contributed by atoms with van der Waals surface area (Å²) in [5.41, 5.74) is 0.706. The van der Waals surface area contributed by atoms with Crippen molar-refractivity contribution in [3.8, 4) is 5.75 Å². The molecule has 21 heavy (non-hydrogen) atoms. The van der Waals surface area contributed by atoms with Crippen molar-refractivity contribution < 1.29 is 17.5 Å². The molecule has 0 N–H and O–H groups in total. The summed E-state index contributed by atoms with van der Waals surface area (Å²) in [6, 6.07) is 7.99. The summed E-state index contributed by atoms with van der Waals surface area (Å²) in [5.74, 6) is -0.224. The minimum atomic E-state index is -3.93. The molecule has 0 spiro atoms. The molecular formula is C13H8Cl3FO3S. The summed E-state index contributed by atoms with van der Waals surface area (Å²) in [7, 11) is 1.29. The van der Waals surface area contributed by atoms with Gasteiger partial charge in [0, 0.05) is 10.7 Å². The molecular weight excluding hydrogens is 362 g/mol. The lowest BCUT2D eigenvalue weighted by atomic mass is 10.2. The van der Waals surface area contributed by atoms with Crippen LogP contribution >= 0.6 is 33.9 Å². The first-order valence-electron chi connectivity index (χ1n) is 5.58. The van der Waals surface area contributed by atoms with Gasteiger partial charge in [-0.2, -0.15) is 0 Å². The highest BCUT2D eigenvalue weighted by Crippen LogP contribution is 2.36. The summed E-state index contributed by atoms with van der Waals surface area (Å²) in [4.78, 5) is -0.215.